The summed E-state index contributed by atoms with van der Waals surface area (Å²) in [6.07, 6.45) is 3.62. The number of nitrogens with one attached hydrogen (secondary N) is 3. The van der Waals surface area contributed by atoms with Gasteiger partial charge in [0.1, 0.15) is 12.1 Å². The number of aromatic amines is 1. The monoisotopic (exact) mass is 647 g/mol. The van der Waals surface area contributed by atoms with E-state index in [9.17, 15) is 18.1 Å². The topological polar surface area (TPSA) is 184 Å². The largest absolute Gasteiger partial charge is 0.493 e. The summed E-state index contributed by atoms with van der Waals surface area (Å²) in [5.74, 6) is -1.03. The second-order valence-electron chi connectivity index (χ2n) is 10.3. The van der Waals surface area contributed by atoms with Crippen molar-refractivity contribution in [3.05, 3.63) is 60.1 Å². The molecule has 4 aromatic rings. The quantitative estimate of drug-likeness (QED) is 0.0984. The number of carbonyl (C=O) groups is 1. The fraction of sp³-hybridized carbons (Fsp3) is 0.357. The molecule has 5 rings (SSSR count). The number of likely N-dealkylation sites (tertiary alicyclic amines) is 1. The maximum absolute atomic E-state index is 13.9. The highest BCUT2D eigenvalue weighted by Crippen LogP contribution is 2.37. The third kappa shape index (κ3) is 8.49. The minimum atomic E-state index is -4.51. The van der Waals surface area contributed by atoms with Crippen molar-refractivity contribution in [1.29, 1.82) is 0 Å². The number of fused-ring (bicyclic) bond motifs is 1. The number of nitrogens with zero attached hydrogens (tertiary/aromatic N) is 4. The van der Waals surface area contributed by atoms with Gasteiger partial charge in [0.05, 0.1) is 37.9 Å². The van der Waals surface area contributed by atoms with Gasteiger partial charge in [0, 0.05) is 35.8 Å². The molecule has 2 aromatic carbocycles. The van der Waals surface area contributed by atoms with Gasteiger partial charge in [-0.05, 0) is 44.0 Å². The lowest BCUT2D eigenvalue weighted by molar-refractivity contribution is -0.115. The van der Waals surface area contributed by atoms with Gasteiger partial charge in [-0.1, -0.05) is 6.07 Å². The number of phosphoric ester groups is 1. The highest BCUT2D eigenvalue weighted by atomic mass is 31.2. The fourth-order valence-corrected chi connectivity index (χ4v) is 5.42. The Morgan fingerprint density at radius 1 is 1.20 bits per heavy atom. The van der Waals surface area contributed by atoms with Gasteiger partial charge < -0.3 is 29.9 Å². The van der Waals surface area contributed by atoms with Crippen LogP contribution in [0.15, 0.2) is 42.7 Å². The van der Waals surface area contributed by atoms with E-state index in [1.165, 1.54) is 25.6 Å². The van der Waals surface area contributed by atoms with E-state index in [2.05, 4.69) is 35.7 Å². The van der Waals surface area contributed by atoms with Crippen molar-refractivity contribution in [2.24, 2.45) is 0 Å². The molecule has 1 fully saturated rings. The summed E-state index contributed by atoms with van der Waals surface area (Å²) in [5.41, 5.74) is 0.742. The van der Waals surface area contributed by atoms with E-state index < -0.39 is 25.4 Å². The molecular weight excluding hydrogens is 615 g/mol. The van der Waals surface area contributed by atoms with Gasteiger partial charge in [0.25, 0.3) is 0 Å². The van der Waals surface area contributed by atoms with Crippen LogP contribution in [0.25, 0.3) is 10.9 Å². The first-order valence-electron chi connectivity index (χ1n) is 14.0. The lowest BCUT2D eigenvalue weighted by Crippen LogP contribution is -2.34. The SMILES string of the molecule is COc1cc2c(Nc3cc(CC(=O)Nc4cccc(F)c4F)[nH]n3)ncnc2cc1OCCCN1CCC[C@@H]1COP(=O)(O)O. The highest BCUT2D eigenvalue weighted by Gasteiger charge is 2.27. The molecular formula is C28H32F2N7O7P. The average Bonchev–Trinajstić information content (AvgIpc) is 3.65. The molecule has 0 spiro atoms. The smallest absolute Gasteiger partial charge is 0.469 e. The van der Waals surface area contributed by atoms with Crippen molar-refractivity contribution in [3.8, 4) is 11.5 Å². The molecule has 1 saturated heterocycles. The Labute approximate surface area is 256 Å². The molecule has 1 atom stereocenters. The number of hydrogen-bond donors (Lipinski definition) is 5. The lowest BCUT2D eigenvalue weighted by atomic mass is 10.2. The van der Waals surface area contributed by atoms with Crippen LogP contribution in [0, 0.1) is 11.6 Å². The molecule has 3 heterocycles. The Balaban J connectivity index is 1.19. The van der Waals surface area contributed by atoms with Crippen LogP contribution in [0.3, 0.4) is 0 Å². The Morgan fingerprint density at radius 3 is 2.84 bits per heavy atom. The minimum Gasteiger partial charge on any atom is -0.493 e. The van der Waals surface area contributed by atoms with Gasteiger partial charge in [-0.15, -0.1) is 0 Å². The zero-order valence-electron chi connectivity index (χ0n) is 24.2. The molecule has 5 N–H and O–H groups in total. The van der Waals surface area contributed by atoms with Crippen LogP contribution in [-0.2, 0) is 20.3 Å². The van der Waals surface area contributed by atoms with E-state index in [0.29, 0.717) is 59.3 Å². The second kappa shape index (κ2) is 14.3. The molecule has 1 amide bonds. The highest BCUT2D eigenvalue weighted by molar-refractivity contribution is 7.46. The summed E-state index contributed by atoms with van der Waals surface area (Å²) < 4.78 is 54.6. The van der Waals surface area contributed by atoms with E-state index in [-0.39, 0.29) is 24.8 Å². The van der Waals surface area contributed by atoms with E-state index in [1.807, 2.05) is 0 Å². The Morgan fingerprint density at radius 2 is 2.04 bits per heavy atom. The van der Waals surface area contributed by atoms with Crippen molar-refractivity contribution in [2.45, 2.75) is 31.7 Å². The third-order valence-electron chi connectivity index (χ3n) is 7.16. The van der Waals surface area contributed by atoms with E-state index in [4.69, 9.17) is 23.8 Å². The van der Waals surface area contributed by atoms with Crippen LogP contribution in [0.1, 0.15) is 25.0 Å². The third-order valence-corrected chi connectivity index (χ3v) is 7.64. The molecule has 45 heavy (non-hydrogen) atoms. The average molecular weight is 648 g/mol. The maximum atomic E-state index is 13.9. The summed E-state index contributed by atoms with van der Waals surface area (Å²) >= 11 is 0. The van der Waals surface area contributed by atoms with Gasteiger partial charge in [-0.25, -0.2) is 23.3 Å². The molecule has 0 aliphatic carbocycles. The summed E-state index contributed by atoms with van der Waals surface area (Å²) in [4.78, 5) is 41.2. The molecule has 17 heteroatoms. The number of ether oxygens (including phenoxy) is 2. The molecule has 240 valence electrons. The molecule has 2 aromatic heterocycles. The molecule has 0 unspecified atom stereocenters. The predicted molar refractivity (Wildman–Crippen MR) is 159 cm³/mol. The number of aromatic nitrogens is 4. The summed E-state index contributed by atoms with van der Waals surface area (Å²) in [7, 11) is -2.99. The Kier molecular flexibility index (Phi) is 10.2. The summed E-state index contributed by atoms with van der Waals surface area (Å²) in [6.45, 7) is 1.85. The van der Waals surface area contributed by atoms with Crippen molar-refractivity contribution >= 4 is 42.0 Å². The van der Waals surface area contributed by atoms with Gasteiger partial charge in [-0.2, -0.15) is 5.10 Å². The number of phosphoric acid groups is 1. The number of anilines is 3. The van der Waals surface area contributed by atoms with Crippen LogP contribution in [0.4, 0.5) is 26.1 Å². The number of H-pyrrole nitrogens is 1. The van der Waals surface area contributed by atoms with Crippen LogP contribution in [-0.4, -0.2) is 80.2 Å². The molecule has 0 radical (unpaired) electrons. The van der Waals surface area contributed by atoms with E-state index in [1.54, 1.807) is 18.2 Å². The van der Waals surface area contributed by atoms with Crippen LogP contribution in [0.2, 0.25) is 0 Å². The first-order valence-corrected chi connectivity index (χ1v) is 15.6. The maximum Gasteiger partial charge on any atom is 0.469 e. The van der Waals surface area contributed by atoms with Crippen LogP contribution in [0.5, 0.6) is 11.5 Å². The number of benzene rings is 2. The summed E-state index contributed by atoms with van der Waals surface area (Å²) in [5, 5.41) is 13.0. The van der Waals surface area contributed by atoms with Crippen LogP contribution < -0.4 is 20.1 Å². The first kappa shape index (κ1) is 32.2. The van der Waals surface area contributed by atoms with Gasteiger partial charge in [0.15, 0.2) is 29.0 Å². The van der Waals surface area contributed by atoms with Crippen molar-refractivity contribution in [3.63, 3.8) is 0 Å². The Hall–Kier alpha value is -4.21. The molecule has 1 aliphatic heterocycles. The zero-order chi connectivity index (χ0) is 32.0. The van der Waals surface area contributed by atoms with Gasteiger partial charge in [0.2, 0.25) is 5.91 Å². The number of amides is 1. The van der Waals surface area contributed by atoms with E-state index >= 15 is 0 Å². The molecule has 1 aliphatic rings. The standard InChI is InChI=1S/C28H32F2N7O7P/c1-42-23-13-19-22(14-24(23)43-10-4-9-37-8-3-5-18(37)15-44-45(39,40)41)31-16-32-28(19)34-25-11-17(35-36-25)12-26(38)33-21-7-2-6-20(29)27(21)30/h2,6-7,11,13-14,16,18H,3-5,8-10,12,15H2,1H3,(H,33,38)(H2,39,40,41)(H2,31,32,34,35,36)/t18-/m1/s1. The number of rotatable bonds is 14. The van der Waals surface area contributed by atoms with Crippen LogP contribution >= 0.6 is 7.82 Å². The fourth-order valence-electron chi connectivity index (χ4n) is 5.05. The molecule has 0 bridgehead atoms. The van der Waals surface area contributed by atoms with E-state index in [0.717, 1.165) is 25.5 Å². The van der Waals surface area contributed by atoms with Crippen molar-refractivity contribution in [2.75, 3.05) is 44.0 Å². The lowest BCUT2D eigenvalue weighted by Gasteiger charge is -2.24. The number of hydrogen-bond acceptors (Lipinski definition) is 10. The Bertz CT molecular complexity index is 1700. The minimum absolute atomic E-state index is 0.0214. The number of halogens is 2. The van der Waals surface area contributed by atoms with Crippen molar-refractivity contribution < 1.29 is 41.9 Å². The number of methoxy groups -OCH3 is 1. The van der Waals surface area contributed by atoms with Gasteiger partial charge in [-0.3, -0.25) is 19.3 Å². The predicted octanol–water partition coefficient (Wildman–Crippen LogP) is 3.91. The molecule has 0 saturated carbocycles. The summed E-state index contributed by atoms with van der Waals surface area (Å²) in [6, 6.07) is 8.53. The van der Waals surface area contributed by atoms with Crippen molar-refractivity contribution in [1.82, 2.24) is 25.1 Å². The zero-order valence-corrected chi connectivity index (χ0v) is 25.1. The molecule has 14 nitrogen and oxygen atoms in total. The number of carbonyl (C=O) groups excluding carboxylic acids is 1. The normalized spacial score (nSPS) is 15.4. The first-order chi connectivity index (χ1) is 21.6. The second-order valence-corrected chi connectivity index (χ2v) is 11.5. The van der Waals surface area contributed by atoms with Gasteiger partial charge >= 0.3 is 7.82 Å².